The third-order valence-electron chi connectivity index (χ3n) is 3.29. The topological polar surface area (TPSA) is 109 Å². The maximum absolute atomic E-state index is 8.60. The number of halogens is 1. The molecular formula is C11H18ClN3O4S. The Morgan fingerprint density at radius 3 is 1.95 bits per heavy atom. The van der Waals surface area contributed by atoms with Crippen LogP contribution in [0.4, 0.5) is 10.9 Å². The summed E-state index contributed by atoms with van der Waals surface area (Å²) in [6.07, 6.45) is 5.32. The van der Waals surface area contributed by atoms with Crippen molar-refractivity contribution < 1.29 is 28.9 Å². The van der Waals surface area contributed by atoms with Crippen LogP contribution >= 0.6 is 11.3 Å². The number of rotatable bonds is 2. The van der Waals surface area contributed by atoms with Crippen LogP contribution in [0, 0.1) is 10.2 Å². The van der Waals surface area contributed by atoms with E-state index >= 15 is 0 Å². The Morgan fingerprint density at radius 2 is 1.45 bits per heavy atom. The van der Waals surface area contributed by atoms with Gasteiger partial charge in [-0.2, -0.15) is 14.0 Å². The molecule has 0 aromatic carbocycles. The van der Waals surface area contributed by atoms with E-state index in [0.29, 0.717) is 0 Å². The zero-order chi connectivity index (χ0) is 14.6. The molecule has 1 aromatic heterocycles. The third kappa shape index (κ3) is 5.04. The molecule has 0 saturated carbocycles. The molecule has 0 amide bonds. The molecule has 2 fully saturated rings. The summed E-state index contributed by atoms with van der Waals surface area (Å²) in [6, 6.07) is 0. The molecule has 20 heavy (non-hydrogen) atoms. The minimum Gasteiger partial charge on any atom is -0.356 e. The van der Waals surface area contributed by atoms with Gasteiger partial charge in [-0.15, -0.1) is 11.3 Å². The van der Waals surface area contributed by atoms with Crippen molar-refractivity contribution in [3.05, 3.63) is 5.38 Å². The molecule has 7 nitrogen and oxygen atoms in total. The predicted octanol–water partition coefficient (Wildman–Crippen LogP) is -1.78. The first kappa shape index (κ1) is 15.7. The zero-order valence-electron chi connectivity index (χ0n) is 11.0. The molecule has 0 aliphatic carbocycles. The average molecular weight is 324 g/mol. The van der Waals surface area contributed by atoms with Crippen LogP contribution < -0.4 is 23.8 Å². The van der Waals surface area contributed by atoms with E-state index in [0.717, 1.165) is 0 Å². The number of hydrogen-bond donors (Lipinski definition) is 1. The van der Waals surface area contributed by atoms with Crippen molar-refractivity contribution in [1.29, 1.82) is 0 Å². The van der Waals surface area contributed by atoms with Gasteiger partial charge in [-0.25, -0.2) is 4.98 Å². The van der Waals surface area contributed by atoms with Crippen LogP contribution in [0.3, 0.4) is 0 Å². The first-order valence-corrected chi connectivity index (χ1v) is 8.66. The summed E-state index contributed by atoms with van der Waals surface area (Å²) < 4.78 is 32.7. The lowest BCUT2D eigenvalue weighted by atomic mass is 10.4. The van der Waals surface area contributed by atoms with Gasteiger partial charge in [0.2, 0.25) is 0 Å². The van der Waals surface area contributed by atoms with Crippen LogP contribution in [0.2, 0.25) is 0 Å². The Morgan fingerprint density at radius 1 is 1.00 bits per heavy atom. The summed E-state index contributed by atoms with van der Waals surface area (Å²) in [5.74, 6) is 1.21. The van der Waals surface area contributed by atoms with Gasteiger partial charge in [0, 0.05) is 31.6 Å². The maximum atomic E-state index is 8.60. The highest BCUT2D eigenvalue weighted by atomic mass is 35.7. The fourth-order valence-corrected chi connectivity index (χ4v) is 3.29. The van der Waals surface area contributed by atoms with E-state index in [9.17, 15) is 0 Å². The average Bonchev–Trinajstić information content (AvgIpc) is 3.10. The molecule has 2 aliphatic rings. The lowest BCUT2D eigenvalue weighted by molar-refractivity contribution is -1.92. The van der Waals surface area contributed by atoms with Crippen molar-refractivity contribution in [2.45, 2.75) is 25.7 Å². The van der Waals surface area contributed by atoms with Gasteiger partial charge in [-0.05, 0) is 25.7 Å². The van der Waals surface area contributed by atoms with E-state index in [1.165, 1.54) is 62.8 Å². The van der Waals surface area contributed by atoms with E-state index in [1.54, 1.807) is 11.3 Å². The molecule has 1 aromatic rings. The van der Waals surface area contributed by atoms with Crippen LogP contribution in [0.1, 0.15) is 25.7 Å². The Hall–Kier alpha value is -0.640. The maximum Gasteiger partial charge on any atom is 0.187 e. The first-order chi connectivity index (χ1) is 9.43. The molecule has 0 bridgehead atoms. The minimum absolute atomic E-state index is 1.20. The third-order valence-corrected chi connectivity index (χ3v) is 4.18. The first-order valence-electron chi connectivity index (χ1n) is 6.52. The van der Waals surface area contributed by atoms with Crippen LogP contribution in [-0.4, -0.2) is 35.8 Å². The fourth-order valence-electron chi connectivity index (χ4n) is 2.40. The van der Waals surface area contributed by atoms with Gasteiger partial charge < -0.3 is 9.80 Å². The summed E-state index contributed by atoms with van der Waals surface area (Å²) in [6.45, 7) is 4.80. The van der Waals surface area contributed by atoms with Gasteiger partial charge in [0.25, 0.3) is 0 Å². The number of aromatic nitrogens is 1. The molecule has 0 radical (unpaired) electrons. The van der Waals surface area contributed by atoms with E-state index in [2.05, 4.69) is 15.2 Å². The zero-order valence-corrected chi connectivity index (χ0v) is 12.6. The van der Waals surface area contributed by atoms with Crippen molar-refractivity contribution in [2.24, 2.45) is 0 Å². The summed E-state index contributed by atoms with van der Waals surface area (Å²) in [5, 5.41) is 3.45. The van der Waals surface area contributed by atoms with E-state index < -0.39 is 10.2 Å². The van der Waals surface area contributed by atoms with Crippen molar-refractivity contribution in [3.8, 4) is 0 Å². The lowest BCUT2D eigenvalue weighted by Gasteiger charge is -2.15. The number of nitrogens with zero attached hydrogens (tertiary/aromatic N) is 3. The molecule has 9 heteroatoms. The number of anilines is 2. The molecule has 2 aliphatic heterocycles. The van der Waals surface area contributed by atoms with Crippen LogP contribution in [-0.2, 0) is 0 Å². The van der Waals surface area contributed by atoms with Crippen molar-refractivity contribution in [1.82, 2.24) is 4.98 Å². The van der Waals surface area contributed by atoms with Crippen molar-refractivity contribution in [3.63, 3.8) is 0 Å². The van der Waals surface area contributed by atoms with Crippen LogP contribution in [0.15, 0.2) is 5.38 Å². The molecule has 114 valence electrons. The van der Waals surface area contributed by atoms with Gasteiger partial charge in [-0.3, -0.25) is 0 Å². The van der Waals surface area contributed by atoms with Crippen LogP contribution in [0.25, 0.3) is 0 Å². The SMILES string of the molecule is [O-][Cl+3]([O-])([O-])O.c1sc(N2CCCC2)nc1N1CCCC1. The quantitative estimate of drug-likeness (QED) is 0.685. The highest BCUT2D eigenvalue weighted by molar-refractivity contribution is 7.14. The number of thiazole rings is 1. The highest BCUT2D eigenvalue weighted by Gasteiger charge is 2.19. The van der Waals surface area contributed by atoms with Gasteiger partial charge in [-0.1, -0.05) is 0 Å². The molecule has 0 atom stereocenters. The van der Waals surface area contributed by atoms with E-state index in [4.69, 9.17) is 23.6 Å². The Balaban J connectivity index is 0.000000257. The minimum atomic E-state index is -4.69. The molecule has 3 heterocycles. The number of hydrogen-bond acceptors (Lipinski definition) is 8. The van der Waals surface area contributed by atoms with Crippen molar-refractivity contribution in [2.75, 3.05) is 36.0 Å². The summed E-state index contributed by atoms with van der Waals surface area (Å²) in [5.41, 5.74) is 0. The molecule has 0 unspecified atom stereocenters. The predicted molar refractivity (Wildman–Crippen MR) is 67.2 cm³/mol. The smallest absolute Gasteiger partial charge is 0.187 e. The largest absolute Gasteiger partial charge is 0.356 e. The second-order valence-electron chi connectivity index (χ2n) is 4.77. The Bertz CT molecular complexity index is 378. The van der Waals surface area contributed by atoms with Gasteiger partial charge in [0.05, 0.1) is 14.9 Å². The van der Waals surface area contributed by atoms with E-state index in [1.807, 2.05) is 0 Å². The van der Waals surface area contributed by atoms with Crippen molar-refractivity contribution >= 4 is 22.3 Å². The molecule has 2 saturated heterocycles. The summed E-state index contributed by atoms with van der Waals surface area (Å²) in [4.78, 5) is 9.58. The van der Waals surface area contributed by atoms with Gasteiger partial charge >= 0.3 is 0 Å². The van der Waals surface area contributed by atoms with Crippen LogP contribution in [0.5, 0.6) is 0 Å². The molecular weight excluding hydrogens is 306 g/mol. The monoisotopic (exact) mass is 323 g/mol. The summed E-state index contributed by atoms with van der Waals surface area (Å²) >= 11 is 1.81. The second-order valence-corrected chi connectivity index (χ2v) is 6.40. The van der Waals surface area contributed by atoms with E-state index in [-0.39, 0.29) is 0 Å². The fraction of sp³-hybridized carbons (Fsp3) is 0.727. The molecule has 3 rings (SSSR count). The van der Waals surface area contributed by atoms with Gasteiger partial charge in [0.15, 0.2) is 5.13 Å². The summed E-state index contributed by atoms with van der Waals surface area (Å²) in [7, 11) is -4.69. The second kappa shape index (κ2) is 6.88. The standard InChI is InChI=1S/C11H17N3S.ClHO4/c1-2-6-13(5-1)10-9-15-11(12-10)14-7-3-4-8-14;2-1(3,4)5/h9H,1-8H2;(H,2,3,4,5). The lowest BCUT2D eigenvalue weighted by Crippen LogP contribution is -2.58. The van der Waals surface area contributed by atoms with Gasteiger partial charge in [0.1, 0.15) is 5.82 Å². The Kier molecular flexibility index (Phi) is 5.42. The normalized spacial score (nSPS) is 19.2. The highest BCUT2D eigenvalue weighted by Crippen LogP contribution is 2.29. The Labute approximate surface area is 123 Å². The molecule has 0 spiro atoms. The molecule has 1 N–H and O–H groups in total.